The first-order valence-electron chi connectivity index (χ1n) is 5.61. The zero-order valence-electron chi connectivity index (χ0n) is 10.2. The van der Waals surface area contributed by atoms with Crippen LogP contribution >= 0.6 is 0 Å². The van der Waals surface area contributed by atoms with Crippen LogP contribution in [0.3, 0.4) is 0 Å². The van der Waals surface area contributed by atoms with Crippen molar-refractivity contribution in [1.29, 1.82) is 5.26 Å². The number of anilines is 1. The van der Waals surface area contributed by atoms with E-state index in [-0.39, 0.29) is 11.0 Å². The number of nitrogens with zero attached hydrogens (tertiary/aromatic N) is 1. The second kappa shape index (κ2) is 5.19. The van der Waals surface area contributed by atoms with Crippen LogP contribution in [0.25, 0.3) is 0 Å². The monoisotopic (exact) mass is 253 g/mol. The maximum Gasteiger partial charge on any atom is 0.261 e. The zero-order chi connectivity index (χ0) is 13.8. The Bertz CT molecular complexity index is 726. The van der Waals surface area contributed by atoms with E-state index in [0.717, 1.165) is 5.56 Å². The van der Waals surface area contributed by atoms with E-state index in [2.05, 4.69) is 10.3 Å². The smallest absolute Gasteiger partial charge is 0.261 e. The molecule has 94 valence electrons. The van der Waals surface area contributed by atoms with Crippen molar-refractivity contribution in [2.45, 2.75) is 6.92 Å². The molecule has 0 atom stereocenters. The zero-order valence-corrected chi connectivity index (χ0v) is 10.2. The minimum atomic E-state index is -0.500. The number of nitriles is 1. The van der Waals surface area contributed by atoms with E-state index in [1.54, 1.807) is 18.2 Å². The fourth-order valence-electron chi connectivity index (χ4n) is 1.61. The third kappa shape index (κ3) is 2.69. The normalized spacial score (nSPS) is 9.68. The molecule has 5 heteroatoms. The summed E-state index contributed by atoms with van der Waals surface area (Å²) in [5.41, 5.74) is 1.46. The van der Waals surface area contributed by atoms with Crippen molar-refractivity contribution in [3.63, 3.8) is 0 Å². The van der Waals surface area contributed by atoms with Gasteiger partial charge < -0.3 is 10.3 Å². The van der Waals surface area contributed by atoms with Crippen LogP contribution < -0.4 is 10.7 Å². The van der Waals surface area contributed by atoms with E-state index in [4.69, 9.17) is 5.26 Å². The van der Waals surface area contributed by atoms with Gasteiger partial charge in [0.1, 0.15) is 5.56 Å². The summed E-state index contributed by atoms with van der Waals surface area (Å²) in [6.45, 7) is 1.81. The van der Waals surface area contributed by atoms with Crippen LogP contribution in [0.1, 0.15) is 21.5 Å². The van der Waals surface area contributed by atoms with Gasteiger partial charge in [-0.3, -0.25) is 9.59 Å². The molecule has 2 rings (SSSR count). The van der Waals surface area contributed by atoms with Crippen molar-refractivity contribution in [2.75, 3.05) is 5.32 Å². The molecular formula is C14H11N3O2. The van der Waals surface area contributed by atoms with Crippen LogP contribution in [0.2, 0.25) is 0 Å². The average molecular weight is 253 g/mol. The van der Waals surface area contributed by atoms with Gasteiger partial charge in [-0.2, -0.15) is 5.26 Å². The molecule has 0 radical (unpaired) electrons. The van der Waals surface area contributed by atoms with Gasteiger partial charge in [0.05, 0.1) is 11.6 Å². The van der Waals surface area contributed by atoms with Gasteiger partial charge in [0.25, 0.3) is 5.91 Å². The molecule has 0 fully saturated rings. The van der Waals surface area contributed by atoms with Crippen molar-refractivity contribution in [3.05, 3.63) is 63.6 Å². The Labute approximate surface area is 109 Å². The Balaban J connectivity index is 2.32. The summed E-state index contributed by atoms with van der Waals surface area (Å²) < 4.78 is 0. The highest BCUT2D eigenvalue weighted by Crippen LogP contribution is 2.16. The van der Waals surface area contributed by atoms with E-state index >= 15 is 0 Å². The van der Waals surface area contributed by atoms with Crippen LogP contribution in [-0.4, -0.2) is 10.9 Å². The van der Waals surface area contributed by atoms with E-state index < -0.39 is 5.91 Å². The van der Waals surface area contributed by atoms with Crippen LogP contribution in [0, 0.1) is 18.3 Å². The number of pyridine rings is 1. The van der Waals surface area contributed by atoms with Crippen LogP contribution in [0.4, 0.5) is 5.69 Å². The maximum atomic E-state index is 12.0. The predicted molar refractivity (Wildman–Crippen MR) is 70.9 cm³/mol. The molecule has 2 aromatic rings. The van der Waals surface area contributed by atoms with Crippen molar-refractivity contribution >= 4 is 11.6 Å². The van der Waals surface area contributed by atoms with Crippen molar-refractivity contribution in [1.82, 2.24) is 4.98 Å². The predicted octanol–water partition coefficient (Wildman–Crippen LogP) is 1.81. The lowest BCUT2D eigenvalue weighted by molar-refractivity contribution is 0.102. The third-order valence-electron chi connectivity index (χ3n) is 2.68. The number of carbonyl (C=O) groups excluding carboxylic acids is 1. The Morgan fingerprint density at radius 3 is 2.84 bits per heavy atom. The van der Waals surface area contributed by atoms with Crippen LogP contribution in [-0.2, 0) is 0 Å². The molecule has 19 heavy (non-hydrogen) atoms. The van der Waals surface area contributed by atoms with E-state index in [1.165, 1.54) is 18.5 Å². The van der Waals surface area contributed by atoms with Gasteiger partial charge >= 0.3 is 0 Å². The van der Waals surface area contributed by atoms with Crippen molar-refractivity contribution in [2.24, 2.45) is 0 Å². The molecule has 0 aliphatic carbocycles. The molecule has 1 aromatic carbocycles. The number of rotatable bonds is 2. The topological polar surface area (TPSA) is 85.8 Å². The van der Waals surface area contributed by atoms with Gasteiger partial charge in [-0.05, 0) is 24.6 Å². The van der Waals surface area contributed by atoms with Gasteiger partial charge in [0.2, 0.25) is 0 Å². The second-order valence-corrected chi connectivity index (χ2v) is 4.02. The highest BCUT2D eigenvalue weighted by molar-refractivity contribution is 6.04. The number of benzene rings is 1. The molecule has 0 aliphatic rings. The van der Waals surface area contributed by atoms with Gasteiger partial charge in [-0.1, -0.05) is 6.07 Å². The second-order valence-electron chi connectivity index (χ2n) is 4.02. The first kappa shape index (κ1) is 12.6. The van der Waals surface area contributed by atoms with Crippen LogP contribution in [0.5, 0.6) is 0 Å². The molecule has 1 heterocycles. The molecule has 0 saturated carbocycles. The van der Waals surface area contributed by atoms with Crippen LogP contribution in [0.15, 0.2) is 41.5 Å². The van der Waals surface area contributed by atoms with Gasteiger partial charge in [-0.25, -0.2) is 0 Å². The standard InChI is InChI=1S/C14H11N3O2/c1-9-2-3-10(7-15)6-12(9)17-14(19)11-8-16-5-4-13(11)18/h2-6,8H,1H3,(H,16,18)(H,17,19). The summed E-state index contributed by atoms with van der Waals surface area (Å²) >= 11 is 0. The Kier molecular flexibility index (Phi) is 3.44. The quantitative estimate of drug-likeness (QED) is 0.855. The Hall–Kier alpha value is -2.87. The minimum absolute atomic E-state index is 0.0317. The third-order valence-corrected chi connectivity index (χ3v) is 2.68. The Morgan fingerprint density at radius 2 is 2.16 bits per heavy atom. The largest absolute Gasteiger partial charge is 0.367 e. The van der Waals surface area contributed by atoms with E-state index in [9.17, 15) is 9.59 Å². The SMILES string of the molecule is Cc1ccc(C#N)cc1NC(=O)c1c[nH]ccc1=O. The van der Waals surface area contributed by atoms with E-state index in [1.807, 2.05) is 13.0 Å². The number of aromatic amines is 1. The lowest BCUT2D eigenvalue weighted by Crippen LogP contribution is -2.21. The minimum Gasteiger partial charge on any atom is -0.367 e. The molecule has 0 bridgehead atoms. The first-order chi connectivity index (χ1) is 9.11. The number of hydrogen-bond acceptors (Lipinski definition) is 3. The lowest BCUT2D eigenvalue weighted by Gasteiger charge is -2.08. The number of carbonyl (C=O) groups is 1. The van der Waals surface area contributed by atoms with E-state index in [0.29, 0.717) is 11.3 Å². The van der Waals surface area contributed by atoms with Gasteiger partial charge in [0, 0.05) is 24.1 Å². The number of aromatic nitrogens is 1. The van der Waals surface area contributed by atoms with Crippen molar-refractivity contribution in [3.8, 4) is 6.07 Å². The average Bonchev–Trinajstić information content (AvgIpc) is 2.41. The highest BCUT2D eigenvalue weighted by Gasteiger charge is 2.11. The summed E-state index contributed by atoms with van der Waals surface area (Å²) in [5.74, 6) is -0.500. The van der Waals surface area contributed by atoms with Gasteiger partial charge in [0.15, 0.2) is 5.43 Å². The molecule has 5 nitrogen and oxygen atoms in total. The molecule has 1 aromatic heterocycles. The summed E-state index contributed by atoms with van der Waals surface area (Å²) in [7, 11) is 0. The molecule has 2 N–H and O–H groups in total. The lowest BCUT2D eigenvalue weighted by atomic mass is 10.1. The maximum absolute atomic E-state index is 12.0. The highest BCUT2D eigenvalue weighted by atomic mass is 16.2. The molecule has 1 amide bonds. The number of amides is 1. The number of aryl methyl sites for hydroxylation is 1. The number of nitrogens with one attached hydrogen (secondary N) is 2. The summed E-state index contributed by atoms with van der Waals surface area (Å²) in [5, 5.41) is 11.5. The van der Waals surface area contributed by atoms with Gasteiger partial charge in [-0.15, -0.1) is 0 Å². The molecule has 0 saturated heterocycles. The first-order valence-corrected chi connectivity index (χ1v) is 5.61. The summed E-state index contributed by atoms with van der Waals surface area (Å²) in [4.78, 5) is 26.2. The molecular weight excluding hydrogens is 242 g/mol. The summed E-state index contributed by atoms with van der Waals surface area (Å²) in [6, 6.07) is 8.27. The number of H-pyrrole nitrogens is 1. The fraction of sp³-hybridized carbons (Fsp3) is 0.0714. The Morgan fingerprint density at radius 1 is 1.37 bits per heavy atom. The molecule has 0 unspecified atom stereocenters. The molecule has 0 spiro atoms. The number of hydrogen-bond donors (Lipinski definition) is 2. The fourth-order valence-corrected chi connectivity index (χ4v) is 1.61. The molecule has 0 aliphatic heterocycles. The summed E-state index contributed by atoms with van der Waals surface area (Å²) in [6.07, 6.45) is 2.81. The van der Waals surface area contributed by atoms with Crippen molar-refractivity contribution < 1.29 is 4.79 Å².